The quantitative estimate of drug-likeness (QED) is 0.813. The van der Waals surface area contributed by atoms with Crippen molar-refractivity contribution >= 4 is 33.2 Å². The van der Waals surface area contributed by atoms with Crippen molar-refractivity contribution in [2.75, 3.05) is 17.2 Å². The van der Waals surface area contributed by atoms with E-state index >= 15 is 0 Å². The lowest BCUT2D eigenvalue weighted by Gasteiger charge is -2.18. The fourth-order valence-electron chi connectivity index (χ4n) is 2.65. The largest absolute Gasteiger partial charge is 0.399 e. The highest BCUT2D eigenvalue weighted by Gasteiger charge is 2.25. The number of benzene rings is 2. The number of amides is 1. The first-order chi connectivity index (χ1) is 9.54. The lowest BCUT2D eigenvalue weighted by Crippen LogP contribution is -2.28. The van der Waals surface area contributed by atoms with Crippen LogP contribution < -0.4 is 10.6 Å². The van der Waals surface area contributed by atoms with Gasteiger partial charge in [-0.15, -0.1) is 0 Å². The summed E-state index contributed by atoms with van der Waals surface area (Å²) >= 11 is 3.44. The minimum atomic E-state index is 0.0397. The number of carbonyl (C=O) groups is 1. The van der Waals surface area contributed by atoms with Crippen molar-refractivity contribution in [1.82, 2.24) is 0 Å². The lowest BCUT2D eigenvalue weighted by molar-refractivity contribution is 0.0989. The van der Waals surface area contributed by atoms with Crippen LogP contribution in [0, 0.1) is 6.92 Å². The van der Waals surface area contributed by atoms with Crippen molar-refractivity contribution < 1.29 is 4.79 Å². The Hall–Kier alpha value is -1.81. The van der Waals surface area contributed by atoms with E-state index < -0.39 is 0 Å². The molecule has 102 valence electrons. The van der Waals surface area contributed by atoms with E-state index in [0.717, 1.165) is 33.4 Å². The standard InChI is InChI=1S/C16H15BrN2O/c1-10-6-12(8-13(17)7-10)16(20)19-5-4-11-9-14(18)2-3-15(11)19/h2-3,6-9H,4-5,18H2,1H3. The summed E-state index contributed by atoms with van der Waals surface area (Å²) in [5.41, 5.74) is 10.4. The Balaban J connectivity index is 1.97. The molecule has 1 aliphatic heterocycles. The molecule has 1 heterocycles. The van der Waals surface area contributed by atoms with E-state index in [2.05, 4.69) is 15.9 Å². The number of nitrogens with two attached hydrogens (primary N) is 1. The summed E-state index contributed by atoms with van der Waals surface area (Å²) in [6.45, 7) is 2.70. The molecule has 2 aromatic rings. The molecule has 2 aromatic carbocycles. The van der Waals surface area contributed by atoms with Crippen molar-refractivity contribution in [2.24, 2.45) is 0 Å². The molecule has 0 spiro atoms. The van der Waals surface area contributed by atoms with Gasteiger partial charge in [-0.3, -0.25) is 4.79 Å². The third-order valence-electron chi connectivity index (χ3n) is 3.53. The molecule has 0 radical (unpaired) electrons. The van der Waals surface area contributed by atoms with Crippen LogP contribution in [0.5, 0.6) is 0 Å². The number of nitrogens with zero attached hydrogens (tertiary/aromatic N) is 1. The molecule has 3 rings (SSSR count). The summed E-state index contributed by atoms with van der Waals surface area (Å²) in [6, 6.07) is 11.5. The Morgan fingerprint density at radius 2 is 2.05 bits per heavy atom. The molecule has 4 heteroatoms. The number of hydrogen-bond acceptors (Lipinski definition) is 2. The van der Waals surface area contributed by atoms with Crippen molar-refractivity contribution in [3.05, 3.63) is 57.6 Å². The number of aryl methyl sites for hydroxylation is 1. The molecule has 0 saturated carbocycles. The molecule has 0 aromatic heterocycles. The van der Waals surface area contributed by atoms with Gasteiger partial charge in [-0.05, 0) is 60.9 Å². The number of nitrogen functional groups attached to an aromatic ring is 1. The van der Waals surface area contributed by atoms with Gasteiger partial charge in [0.2, 0.25) is 0 Å². The van der Waals surface area contributed by atoms with Crippen LogP contribution in [0.25, 0.3) is 0 Å². The van der Waals surface area contributed by atoms with Crippen molar-refractivity contribution in [1.29, 1.82) is 0 Å². The molecule has 1 aliphatic rings. The van der Waals surface area contributed by atoms with E-state index in [9.17, 15) is 4.79 Å². The van der Waals surface area contributed by atoms with Crippen LogP contribution in [0.4, 0.5) is 11.4 Å². The summed E-state index contributed by atoms with van der Waals surface area (Å²) in [5, 5.41) is 0. The smallest absolute Gasteiger partial charge is 0.258 e. The Morgan fingerprint density at radius 3 is 2.80 bits per heavy atom. The predicted molar refractivity (Wildman–Crippen MR) is 85.1 cm³/mol. The second-order valence-electron chi connectivity index (χ2n) is 5.11. The van der Waals surface area contributed by atoms with E-state index in [1.54, 1.807) is 0 Å². The van der Waals surface area contributed by atoms with Gasteiger partial charge in [0.1, 0.15) is 0 Å². The minimum absolute atomic E-state index is 0.0397. The SMILES string of the molecule is Cc1cc(Br)cc(C(=O)N2CCc3cc(N)ccc32)c1. The molecule has 0 fully saturated rings. The van der Waals surface area contributed by atoms with E-state index in [-0.39, 0.29) is 5.91 Å². The number of carbonyl (C=O) groups excluding carboxylic acids is 1. The van der Waals surface area contributed by atoms with Gasteiger partial charge < -0.3 is 10.6 Å². The average Bonchev–Trinajstić information content (AvgIpc) is 2.79. The van der Waals surface area contributed by atoms with Crippen LogP contribution in [0.2, 0.25) is 0 Å². The highest BCUT2D eigenvalue weighted by molar-refractivity contribution is 9.10. The van der Waals surface area contributed by atoms with Crippen LogP contribution in [0.15, 0.2) is 40.9 Å². The summed E-state index contributed by atoms with van der Waals surface area (Å²) in [4.78, 5) is 14.5. The average molecular weight is 331 g/mol. The predicted octanol–water partition coefficient (Wildman–Crippen LogP) is 3.54. The number of halogens is 1. The molecule has 0 unspecified atom stereocenters. The fourth-order valence-corrected chi connectivity index (χ4v) is 3.26. The first kappa shape index (κ1) is 13.2. The summed E-state index contributed by atoms with van der Waals surface area (Å²) in [7, 11) is 0. The van der Waals surface area contributed by atoms with Gasteiger partial charge in [-0.1, -0.05) is 15.9 Å². The Labute approximate surface area is 126 Å². The second kappa shape index (κ2) is 4.94. The number of rotatable bonds is 1. The Kier molecular flexibility index (Phi) is 3.26. The molecule has 2 N–H and O–H groups in total. The zero-order chi connectivity index (χ0) is 14.3. The van der Waals surface area contributed by atoms with Gasteiger partial charge >= 0.3 is 0 Å². The Morgan fingerprint density at radius 1 is 1.25 bits per heavy atom. The topological polar surface area (TPSA) is 46.3 Å². The maximum atomic E-state index is 12.7. The van der Waals surface area contributed by atoms with E-state index in [4.69, 9.17) is 5.73 Å². The third-order valence-corrected chi connectivity index (χ3v) is 3.99. The van der Waals surface area contributed by atoms with Crippen molar-refractivity contribution in [3.63, 3.8) is 0 Å². The van der Waals surface area contributed by atoms with Gasteiger partial charge in [0.05, 0.1) is 0 Å². The van der Waals surface area contributed by atoms with E-state index in [1.165, 1.54) is 0 Å². The van der Waals surface area contributed by atoms with Crippen LogP contribution >= 0.6 is 15.9 Å². The number of hydrogen-bond donors (Lipinski definition) is 1. The van der Waals surface area contributed by atoms with Gasteiger partial charge in [-0.2, -0.15) is 0 Å². The number of anilines is 2. The molecular formula is C16H15BrN2O. The van der Waals surface area contributed by atoms with Crippen LogP contribution in [0.3, 0.4) is 0 Å². The van der Waals surface area contributed by atoms with E-state index in [1.807, 2.05) is 48.2 Å². The van der Waals surface area contributed by atoms with Gasteiger partial charge in [0, 0.05) is 28.0 Å². The van der Waals surface area contributed by atoms with Crippen LogP contribution in [-0.2, 0) is 6.42 Å². The third kappa shape index (κ3) is 2.31. The first-order valence-corrected chi connectivity index (χ1v) is 7.31. The molecule has 0 saturated heterocycles. The Bertz CT molecular complexity index is 677. The maximum absolute atomic E-state index is 12.7. The molecule has 0 bridgehead atoms. The molecule has 3 nitrogen and oxygen atoms in total. The summed E-state index contributed by atoms with van der Waals surface area (Å²) in [6.07, 6.45) is 0.860. The van der Waals surface area contributed by atoms with Crippen LogP contribution in [-0.4, -0.2) is 12.5 Å². The second-order valence-corrected chi connectivity index (χ2v) is 6.03. The number of fused-ring (bicyclic) bond motifs is 1. The van der Waals surface area contributed by atoms with E-state index in [0.29, 0.717) is 12.1 Å². The lowest BCUT2D eigenvalue weighted by atomic mass is 10.1. The highest BCUT2D eigenvalue weighted by atomic mass is 79.9. The molecular weight excluding hydrogens is 316 g/mol. The van der Waals surface area contributed by atoms with Gasteiger partial charge in [0.15, 0.2) is 0 Å². The first-order valence-electron chi connectivity index (χ1n) is 6.52. The highest BCUT2D eigenvalue weighted by Crippen LogP contribution is 2.31. The van der Waals surface area contributed by atoms with Gasteiger partial charge in [-0.25, -0.2) is 0 Å². The van der Waals surface area contributed by atoms with Crippen LogP contribution in [0.1, 0.15) is 21.5 Å². The summed E-state index contributed by atoms with van der Waals surface area (Å²) in [5.74, 6) is 0.0397. The fraction of sp³-hybridized carbons (Fsp3) is 0.188. The zero-order valence-corrected chi connectivity index (χ0v) is 12.8. The monoisotopic (exact) mass is 330 g/mol. The molecule has 1 amide bonds. The zero-order valence-electron chi connectivity index (χ0n) is 11.2. The molecule has 20 heavy (non-hydrogen) atoms. The minimum Gasteiger partial charge on any atom is -0.399 e. The van der Waals surface area contributed by atoms with Gasteiger partial charge in [0.25, 0.3) is 5.91 Å². The summed E-state index contributed by atoms with van der Waals surface area (Å²) < 4.78 is 0.928. The van der Waals surface area contributed by atoms with Crippen molar-refractivity contribution in [2.45, 2.75) is 13.3 Å². The normalized spacial score (nSPS) is 13.4. The molecule has 0 aliphatic carbocycles. The molecule has 0 atom stereocenters. The maximum Gasteiger partial charge on any atom is 0.258 e. The van der Waals surface area contributed by atoms with Crippen molar-refractivity contribution in [3.8, 4) is 0 Å².